The van der Waals surface area contributed by atoms with E-state index in [4.69, 9.17) is 5.73 Å². The van der Waals surface area contributed by atoms with E-state index in [1.165, 1.54) is 12.4 Å². The average Bonchev–Trinajstić information content (AvgIpc) is 2.74. The monoisotopic (exact) mass is 206 g/mol. The van der Waals surface area contributed by atoms with Gasteiger partial charge < -0.3 is 5.73 Å². The molecule has 0 radical (unpaired) electrons. The smallest absolute Gasteiger partial charge is 0.141 e. The first kappa shape index (κ1) is 9.79. The largest absolute Gasteiger partial charge is 0.321 e. The molecule has 0 saturated heterocycles. The molecule has 5 heteroatoms. The quantitative estimate of drug-likeness (QED) is 0.792. The van der Waals surface area contributed by atoms with Crippen LogP contribution in [0.5, 0.6) is 0 Å². The van der Waals surface area contributed by atoms with Gasteiger partial charge in [-0.2, -0.15) is 5.10 Å². The summed E-state index contributed by atoms with van der Waals surface area (Å²) in [5.74, 6) is 0.325. The minimum atomic E-state index is -0.357. The standard InChI is InChI=1S/C10H11FN4/c11-8-4-2-1-3-7(8)5-9(12)10-13-6-14-15-10/h1-4,6,9H,5,12H2,(H,13,14,15). The summed E-state index contributed by atoms with van der Waals surface area (Å²) in [5, 5.41) is 6.37. The van der Waals surface area contributed by atoms with E-state index in [1.807, 2.05) is 0 Å². The molecule has 0 fully saturated rings. The third kappa shape index (κ3) is 2.19. The number of hydrogen-bond donors (Lipinski definition) is 2. The molecule has 1 aromatic heterocycles. The molecule has 1 unspecified atom stereocenters. The van der Waals surface area contributed by atoms with Gasteiger partial charge in [-0.15, -0.1) is 0 Å². The third-order valence-electron chi connectivity index (χ3n) is 2.18. The number of rotatable bonds is 3. The lowest BCUT2D eigenvalue weighted by molar-refractivity contribution is 0.585. The van der Waals surface area contributed by atoms with Gasteiger partial charge in [0.1, 0.15) is 18.0 Å². The zero-order valence-corrected chi connectivity index (χ0v) is 8.02. The molecule has 2 rings (SSSR count). The van der Waals surface area contributed by atoms with Crippen LogP contribution in [-0.2, 0) is 6.42 Å². The SMILES string of the molecule is NC(Cc1ccccc1F)c1ncn[nH]1. The zero-order chi connectivity index (χ0) is 10.7. The summed E-state index contributed by atoms with van der Waals surface area (Å²) in [7, 11) is 0. The van der Waals surface area contributed by atoms with Crippen molar-refractivity contribution in [3.63, 3.8) is 0 Å². The molecule has 0 spiro atoms. The second-order valence-electron chi connectivity index (χ2n) is 3.27. The maximum absolute atomic E-state index is 13.3. The minimum Gasteiger partial charge on any atom is -0.321 e. The molecular weight excluding hydrogens is 195 g/mol. The van der Waals surface area contributed by atoms with Crippen molar-refractivity contribution in [2.24, 2.45) is 5.73 Å². The Morgan fingerprint density at radius 1 is 1.40 bits per heavy atom. The Morgan fingerprint density at radius 3 is 2.87 bits per heavy atom. The molecule has 0 saturated carbocycles. The van der Waals surface area contributed by atoms with Gasteiger partial charge in [0, 0.05) is 0 Å². The van der Waals surface area contributed by atoms with Gasteiger partial charge in [0.05, 0.1) is 6.04 Å². The molecule has 2 aromatic rings. The van der Waals surface area contributed by atoms with Crippen molar-refractivity contribution in [3.05, 3.63) is 47.8 Å². The zero-order valence-electron chi connectivity index (χ0n) is 8.02. The number of H-pyrrole nitrogens is 1. The maximum atomic E-state index is 13.3. The van der Waals surface area contributed by atoms with Crippen LogP contribution in [0.2, 0.25) is 0 Å². The van der Waals surface area contributed by atoms with Crippen LogP contribution in [0.15, 0.2) is 30.6 Å². The van der Waals surface area contributed by atoms with E-state index in [9.17, 15) is 4.39 Å². The van der Waals surface area contributed by atoms with Crippen molar-refractivity contribution < 1.29 is 4.39 Å². The Kier molecular flexibility index (Phi) is 2.73. The van der Waals surface area contributed by atoms with Crippen LogP contribution >= 0.6 is 0 Å². The van der Waals surface area contributed by atoms with E-state index in [0.29, 0.717) is 17.8 Å². The molecule has 1 heterocycles. The molecule has 0 bridgehead atoms. The number of aromatic amines is 1. The van der Waals surface area contributed by atoms with E-state index < -0.39 is 0 Å². The number of nitrogens with zero attached hydrogens (tertiary/aromatic N) is 2. The fraction of sp³-hybridized carbons (Fsp3) is 0.200. The predicted molar refractivity (Wildman–Crippen MR) is 53.4 cm³/mol. The van der Waals surface area contributed by atoms with Crippen LogP contribution < -0.4 is 5.73 Å². The number of nitrogens with one attached hydrogen (secondary N) is 1. The highest BCUT2D eigenvalue weighted by Crippen LogP contribution is 2.14. The summed E-state index contributed by atoms with van der Waals surface area (Å²) in [6.07, 6.45) is 1.79. The van der Waals surface area contributed by atoms with Crippen molar-refractivity contribution in [1.82, 2.24) is 15.2 Å². The van der Waals surface area contributed by atoms with E-state index >= 15 is 0 Å². The molecule has 0 aliphatic carbocycles. The predicted octanol–water partition coefficient (Wildman–Crippen LogP) is 1.19. The molecule has 4 nitrogen and oxygen atoms in total. The number of benzene rings is 1. The summed E-state index contributed by atoms with van der Waals surface area (Å²) in [6, 6.07) is 6.21. The lowest BCUT2D eigenvalue weighted by Crippen LogP contribution is -2.15. The van der Waals surface area contributed by atoms with Crippen molar-refractivity contribution in [2.45, 2.75) is 12.5 Å². The molecular formula is C10H11FN4. The molecule has 0 aliphatic heterocycles. The average molecular weight is 206 g/mol. The van der Waals surface area contributed by atoms with Crippen LogP contribution in [0.1, 0.15) is 17.4 Å². The van der Waals surface area contributed by atoms with Crippen molar-refractivity contribution in [1.29, 1.82) is 0 Å². The Hall–Kier alpha value is -1.75. The fourth-order valence-corrected chi connectivity index (χ4v) is 1.39. The highest BCUT2D eigenvalue weighted by atomic mass is 19.1. The molecule has 78 valence electrons. The molecule has 0 amide bonds. The maximum Gasteiger partial charge on any atom is 0.141 e. The first-order valence-corrected chi connectivity index (χ1v) is 4.61. The van der Waals surface area contributed by atoms with Crippen LogP contribution in [0.4, 0.5) is 4.39 Å². The normalized spacial score (nSPS) is 12.7. The second kappa shape index (κ2) is 4.18. The van der Waals surface area contributed by atoms with Gasteiger partial charge in [-0.3, -0.25) is 5.10 Å². The topological polar surface area (TPSA) is 67.6 Å². The Morgan fingerprint density at radius 2 is 2.20 bits per heavy atom. The van der Waals surface area contributed by atoms with Crippen LogP contribution in [0.3, 0.4) is 0 Å². The summed E-state index contributed by atoms with van der Waals surface area (Å²) in [4.78, 5) is 3.93. The molecule has 15 heavy (non-hydrogen) atoms. The third-order valence-corrected chi connectivity index (χ3v) is 2.18. The lowest BCUT2D eigenvalue weighted by Gasteiger charge is -2.08. The van der Waals surface area contributed by atoms with Crippen molar-refractivity contribution >= 4 is 0 Å². The van der Waals surface area contributed by atoms with Gasteiger partial charge in [-0.1, -0.05) is 18.2 Å². The lowest BCUT2D eigenvalue weighted by atomic mass is 10.1. The van der Waals surface area contributed by atoms with E-state index in [0.717, 1.165) is 0 Å². The summed E-state index contributed by atoms with van der Waals surface area (Å²) in [5.41, 5.74) is 6.42. The number of halogens is 1. The Bertz CT molecular complexity index is 427. The van der Waals surface area contributed by atoms with E-state index in [1.54, 1.807) is 18.2 Å². The Balaban J connectivity index is 2.13. The summed E-state index contributed by atoms with van der Waals surface area (Å²) < 4.78 is 13.3. The molecule has 1 aromatic carbocycles. The fourth-order valence-electron chi connectivity index (χ4n) is 1.39. The van der Waals surface area contributed by atoms with Gasteiger partial charge in [0.2, 0.25) is 0 Å². The first-order chi connectivity index (χ1) is 7.27. The summed E-state index contributed by atoms with van der Waals surface area (Å²) in [6.45, 7) is 0. The van der Waals surface area contributed by atoms with Gasteiger partial charge in [-0.25, -0.2) is 9.37 Å². The number of hydrogen-bond acceptors (Lipinski definition) is 3. The number of aromatic nitrogens is 3. The van der Waals surface area contributed by atoms with Gasteiger partial charge in [0.25, 0.3) is 0 Å². The minimum absolute atomic E-state index is 0.243. The van der Waals surface area contributed by atoms with E-state index in [2.05, 4.69) is 15.2 Å². The highest BCUT2D eigenvalue weighted by Gasteiger charge is 2.11. The van der Waals surface area contributed by atoms with Crippen LogP contribution in [0, 0.1) is 5.82 Å². The van der Waals surface area contributed by atoms with Crippen LogP contribution in [0.25, 0.3) is 0 Å². The molecule has 1 atom stereocenters. The Labute approximate surface area is 86.3 Å². The second-order valence-corrected chi connectivity index (χ2v) is 3.27. The van der Waals surface area contributed by atoms with Crippen molar-refractivity contribution in [3.8, 4) is 0 Å². The van der Waals surface area contributed by atoms with Gasteiger partial charge in [0.15, 0.2) is 0 Å². The first-order valence-electron chi connectivity index (χ1n) is 4.61. The molecule has 0 aliphatic rings. The van der Waals surface area contributed by atoms with Crippen molar-refractivity contribution in [2.75, 3.05) is 0 Å². The van der Waals surface area contributed by atoms with Gasteiger partial charge >= 0.3 is 0 Å². The number of nitrogens with two attached hydrogens (primary N) is 1. The highest BCUT2D eigenvalue weighted by molar-refractivity contribution is 5.19. The summed E-state index contributed by atoms with van der Waals surface area (Å²) >= 11 is 0. The molecule has 3 N–H and O–H groups in total. The van der Waals surface area contributed by atoms with Crippen LogP contribution in [-0.4, -0.2) is 15.2 Å². The van der Waals surface area contributed by atoms with E-state index in [-0.39, 0.29) is 11.9 Å². The van der Waals surface area contributed by atoms with Gasteiger partial charge in [-0.05, 0) is 18.1 Å².